The average Bonchev–Trinajstić information content (AvgIpc) is 2.36. The number of hydrogen-bond acceptors (Lipinski definition) is 4. The smallest absolute Gasteiger partial charge is 0.412 e. The number of rotatable bonds is 5. The Balaban J connectivity index is 2.75. The van der Waals surface area contributed by atoms with E-state index in [2.05, 4.69) is 10.6 Å². The molecule has 0 aliphatic carbocycles. The average molecular weight is 292 g/mol. The van der Waals surface area contributed by atoms with Gasteiger partial charge in [0.05, 0.1) is 11.4 Å². The SMILES string of the molecule is CC/C=C\C(O)Nc1ccccc1NC(=O)OC(C)(C)C. The van der Waals surface area contributed by atoms with E-state index in [4.69, 9.17) is 4.74 Å². The van der Waals surface area contributed by atoms with E-state index in [1.807, 2.05) is 19.1 Å². The summed E-state index contributed by atoms with van der Waals surface area (Å²) in [6.07, 6.45) is 3.02. The van der Waals surface area contributed by atoms with Gasteiger partial charge in [-0.2, -0.15) is 0 Å². The van der Waals surface area contributed by atoms with Crippen LogP contribution in [0.3, 0.4) is 0 Å². The summed E-state index contributed by atoms with van der Waals surface area (Å²) in [4.78, 5) is 11.8. The number of benzene rings is 1. The summed E-state index contributed by atoms with van der Waals surface area (Å²) in [5, 5.41) is 15.4. The van der Waals surface area contributed by atoms with Gasteiger partial charge < -0.3 is 15.2 Å². The Morgan fingerprint density at radius 2 is 1.95 bits per heavy atom. The van der Waals surface area contributed by atoms with E-state index in [9.17, 15) is 9.90 Å². The van der Waals surface area contributed by atoms with E-state index in [0.717, 1.165) is 6.42 Å². The van der Waals surface area contributed by atoms with Gasteiger partial charge >= 0.3 is 6.09 Å². The molecule has 116 valence electrons. The topological polar surface area (TPSA) is 70.6 Å². The van der Waals surface area contributed by atoms with E-state index in [1.165, 1.54) is 0 Å². The molecule has 5 nitrogen and oxygen atoms in total. The molecule has 0 spiro atoms. The number of para-hydroxylation sites is 2. The maximum absolute atomic E-state index is 11.8. The Bertz CT molecular complexity index is 493. The van der Waals surface area contributed by atoms with Crippen LogP contribution in [0, 0.1) is 0 Å². The highest BCUT2D eigenvalue weighted by molar-refractivity contribution is 5.89. The molecule has 1 rings (SSSR count). The van der Waals surface area contributed by atoms with Crippen molar-refractivity contribution < 1.29 is 14.6 Å². The van der Waals surface area contributed by atoms with Gasteiger partial charge in [-0.25, -0.2) is 4.79 Å². The summed E-state index contributed by atoms with van der Waals surface area (Å²) < 4.78 is 5.21. The lowest BCUT2D eigenvalue weighted by Gasteiger charge is -2.21. The lowest BCUT2D eigenvalue weighted by atomic mass is 10.2. The summed E-state index contributed by atoms with van der Waals surface area (Å²) >= 11 is 0. The first-order valence-corrected chi connectivity index (χ1v) is 7.02. The molecule has 1 aromatic carbocycles. The van der Waals surface area contributed by atoms with Crippen molar-refractivity contribution in [3.05, 3.63) is 36.4 Å². The van der Waals surface area contributed by atoms with E-state index in [0.29, 0.717) is 11.4 Å². The van der Waals surface area contributed by atoms with Crippen LogP contribution >= 0.6 is 0 Å². The first-order valence-electron chi connectivity index (χ1n) is 7.02. The third kappa shape index (κ3) is 6.81. The van der Waals surface area contributed by atoms with Crippen molar-refractivity contribution >= 4 is 17.5 Å². The van der Waals surface area contributed by atoms with Crippen LogP contribution in [-0.4, -0.2) is 23.0 Å². The molecule has 0 aliphatic heterocycles. The monoisotopic (exact) mass is 292 g/mol. The molecule has 0 aromatic heterocycles. The van der Waals surface area contributed by atoms with Gasteiger partial charge in [0.15, 0.2) is 0 Å². The summed E-state index contributed by atoms with van der Waals surface area (Å²) in [7, 11) is 0. The van der Waals surface area contributed by atoms with Gasteiger partial charge in [0, 0.05) is 0 Å². The highest BCUT2D eigenvalue weighted by atomic mass is 16.6. The molecule has 1 amide bonds. The maximum atomic E-state index is 11.8. The minimum absolute atomic E-state index is 0.532. The Labute approximate surface area is 126 Å². The van der Waals surface area contributed by atoms with Gasteiger partial charge in [-0.15, -0.1) is 0 Å². The van der Waals surface area contributed by atoms with Crippen LogP contribution in [0.25, 0.3) is 0 Å². The van der Waals surface area contributed by atoms with Crippen LogP contribution in [0.5, 0.6) is 0 Å². The van der Waals surface area contributed by atoms with Crippen LogP contribution in [0.15, 0.2) is 36.4 Å². The first-order chi connectivity index (χ1) is 9.81. The third-order valence-electron chi connectivity index (χ3n) is 2.42. The molecule has 1 aromatic rings. The van der Waals surface area contributed by atoms with Crippen LogP contribution in [-0.2, 0) is 4.74 Å². The molecule has 0 heterocycles. The fraction of sp³-hybridized carbons (Fsp3) is 0.438. The normalized spacial score (nSPS) is 13.0. The number of anilines is 2. The summed E-state index contributed by atoms with van der Waals surface area (Å²) in [6, 6.07) is 7.13. The van der Waals surface area contributed by atoms with Crippen molar-refractivity contribution in [1.82, 2.24) is 0 Å². The molecule has 0 radical (unpaired) electrons. The van der Waals surface area contributed by atoms with E-state index in [-0.39, 0.29) is 0 Å². The Hall–Kier alpha value is -2.01. The van der Waals surface area contributed by atoms with Crippen LogP contribution in [0.1, 0.15) is 34.1 Å². The number of carbonyl (C=O) groups is 1. The van der Waals surface area contributed by atoms with E-state index < -0.39 is 17.9 Å². The molecule has 0 saturated heterocycles. The maximum Gasteiger partial charge on any atom is 0.412 e. The highest BCUT2D eigenvalue weighted by Crippen LogP contribution is 2.22. The summed E-state index contributed by atoms with van der Waals surface area (Å²) in [5.74, 6) is 0. The second-order valence-electron chi connectivity index (χ2n) is 5.60. The second kappa shape index (κ2) is 7.69. The predicted molar refractivity (Wildman–Crippen MR) is 85.4 cm³/mol. The molecular weight excluding hydrogens is 268 g/mol. The van der Waals surface area contributed by atoms with Gasteiger partial charge in [-0.1, -0.05) is 25.1 Å². The van der Waals surface area contributed by atoms with Crippen molar-refractivity contribution in [1.29, 1.82) is 0 Å². The number of aliphatic hydroxyl groups is 1. The molecule has 1 atom stereocenters. The van der Waals surface area contributed by atoms with Crippen molar-refractivity contribution in [2.45, 2.75) is 45.9 Å². The molecule has 1 unspecified atom stereocenters. The van der Waals surface area contributed by atoms with Crippen molar-refractivity contribution in [2.75, 3.05) is 10.6 Å². The Morgan fingerprint density at radius 1 is 1.33 bits per heavy atom. The third-order valence-corrected chi connectivity index (χ3v) is 2.42. The largest absolute Gasteiger partial charge is 0.444 e. The van der Waals surface area contributed by atoms with Crippen molar-refractivity contribution in [2.24, 2.45) is 0 Å². The minimum atomic E-state index is -0.813. The van der Waals surface area contributed by atoms with E-state index in [1.54, 1.807) is 45.0 Å². The van der Waals surface area contributed by atoms with Crippen LogP contribution < -0.4 is 10.6 Å². The number of carbonyl (C=O) groups excluding carboxylic acids is 1. The first kappa shape index (κ1) is 17.0. The molecule has 0 bridgehead atoms. The van der Waals surface area contributed by atoms with Gasteiger partial charge in [0.2, 0.25) is 0 Å². The van der Waals surface area contributed by atoms with Gasteiger partial charge in [-0.3, -0.25) is 5.32 Å². The zero-order chi connectivity index (χ0) is 15.9. The quantitative estimate of drug-likeness (QED) is 0.571. The Kier molecular flexibility index (Phi) is 6.24. The number of hydrogen-bond donors (Lipinski definition) is 3. The van der Waals surface area contributed by atoms with Crippen LogP contribution in [0.4, 0.5) is 16.2 Å². The van der Waals surface area contributed by atoms with Gasteiger partial charge in [0.25, 0.3) is 0 Å². The number of nitrogens with one attached hydrogen (secondary N) is 2. The lowest BCUT2D eigenvalue weighted by molar-refractivity contribution is 0.0636. The fourth-order valence-electron chi connectivity index (χ4n) is 1.60. The molecule has 3 N–H and O–H groups in total. The number of ether oxygens (including phenoxy) is 1. The van der Waals surface area contributed by atoms with Gasteiger partial charge in [-0.05, 0) is 45.4 Å². The number of allylic oxidation sites excluding steroid dienone is 1. The van der Waals surface area contributed by atoms with Crippen LogP contribution in [0.2, 0.25) is 0 Å². The van der Waals surface area contributed by atoms with Crippen molar-refractivity contribution in [3.63, 3.8) is 0 Å². The molecule has 0 saturated carbocycles. The standard InChI is InChI=1S/C16H24N2O3/c1-5-6-11-14(19)17-12-9-7-8-10-13(12)18-15(20)21-16(2,3)4/h6-11,14,17,19H,5H2,1-4H3,(H,18,20)/b11-6-. The highest BCUT2D eigenvalue weighted by Gasteiger charge is 2.17. The number of aliphatic hydroxyl groups excluding tert-OH is 1. The predicted octanol–water partition coefficient (Wildman–Crippen LogP) is 3.73. The zero-order valence-corrected chi connectivity index (χ0v) is 13.0. The Morgan fingerprint density at radius 3 is 2.52 bits per heavy atom. The number of amides is 1. The molecule has 0 fully saturated rings. The summed E-state index contributed by atoms with van der Waals surface area (Å²) in [6.45, 7) is 7.39. The lowest BCUT2D eigenvalue weighted by Crippen LogP contribution is -2.27. The van der Waals surface area contributed by atoms with E-state index >= 15 is 0 Å². The van der Waals surface area contributed by atoms with Crippen molar-refractivity contribution in [3.8, 4) is 0 Å². The summed E-state index contributed by atoms with van der Waals surface area (Å²) in [5.41, 5.74) is 0.614. The van der Waals surface area contributed by atoms with Gasteiger partial charge in [0.1, 0.15) is 11.8 Å². The second-order valence-corrected chi connectivity index (χ2v) is 5.60. The molecular formula is C16H24N2O3. The fourth-order valence-corrected chi connectivity index (χ4v) is 1.60. The molecule has 21 heavy (non-hydrogen) atoms. The minimum Gasteiger partial charge on any atom is -0.444 e. The molecule has 5 heteroatoms. The zero-order valence-electron chi connectivity index (χ0n) is 13.0. The molecule has 0 aliphatic rings.